The van der Waals surface area contributed by atoms with E-state index in [-0.39, 0.29) is 5.56 Å². The fourth-order valence-corrected chi connectivity index (χ4v) is 2.16. The molecule has 2 aromatic rings. The maximum Gasteiger partial charge on any atom is 0.573 e. The smallest absolute Gasteiger partial charge is 0.465 e. The topological polar surface area (TPSA) is 35.5 Å². The number of alkyl halides is 6. The summed E-state index contributed by atoms with van der Waals surface area (Å²) in [6, 6.07) is 6.65. The second-order valence-corrected chi connectivity index (χ2v) is 4.79. The fourth-order valence-electron chi connectivity index (χ4n) is 2.16. The van der Waals surface area contributed by atoms with Crippen molar-refractivity contribution in [2.24, 2.45) is 0 Å². The standard InChI is InChI=1S/C16H10F6O3/c1-24-14(23)9-6-7-12(15(17,18)19)11(8-9)10-4-2-3-5-13(10)25-16(20,21)22/h2-8H,1H3. The first-order valence-electron chi connectivity index (χ1n) is 6.67. The van der Waals surface area contributed by atoms with Crippen LogP contribution >= 0.6 is 0 Å². The lowest BCUT2D eigenvalue weighted by Gasteiger charge is -2.17. The number of halogens is 6. The number of hydrogen-bond acceptors (Lipinski definition) is 3. The number of methoxy groups -OCH3 is 1. The van der Waals surface area contributed by atoms with E-state index in [0.29, 0.717) is 6.07 Å². The molecule has 0 radical (unpaired) electrons. The van der Waals surface area contributed by atoms with E-state index in [1.807, 2.05) is 0 Å². The van der Waals surface area contributed by atoms with E-state index in [4.69, 9.17) is 0 Å². The summed E-state index contributed by atoms with van der Waals surface area (Å²) >= 11 is 0. The zero-order valence-corrected chi connectivity index (χ0v) is 12.5. The van der Waals surface area contributed by atoms with Gasteiger partial charge >= 0.3 is 18.5 Å². The average molecular weight is 364 g/mol. The number of para-hydroxylation sites is 1. The number of carbonyl (C=O) groups excluding carboxylic acids is 1. The van der Waals surface area contributed by atoms with E-state index in [1.54, 1.807) is 0 Å². The molecule has 0 fully saturated rings. The Labute approximate surface area is 137 Å². The molecule has 0 aromatic heterocycles. The summed E-state index contributed by atoms with van der Waals surface area (Å²) in [6.45, 7) is 0. The van der Waals surface area contributed by atoms with E-state index in [2.05, 4.69) is 9.47 Å². The molecule has 0 amide bonds. The largest absolute Gasteiger partial charge is 0.573 e. The Morgan fingerprint density at radius 3 is 2.12 bits per heavy atom. The monoisotopic (exact) mass is 364 g/mol. The van der Waals surface area contributed by atoms with E-state index < -0.39 is 40.9 Å². The van der Waals surface area contributed by atoms with Crippen molar-refractivity contribution in [2.45, 2.75) is 12.5 Å². The third kappa shape index (κ3) is 4.43. The first-order valence-corrected chi connectivity index (χ1v) is 6.67. The molecule has 134 valence electrons. The third-order valence-corrected chi connectivity index (χ3v) is 3.15. The van der Waals surface area contributed by atoms with Gasteiger partial charge in [-0.2, -0.15) is 13.2 Å². The van der Waals surface area contributed by atoms with E-state index in [1.165, 1.54) is 12.1 Å². The lowest BCUT2D eigenvalue weighted by Crippen LogP contribution is -2.18. The Morgan fingerprint density at radius 1 is 0.920 bits per heavy atom. The Bertz CT molecular complexity index is 780. The molecule has 0 aliphatic carbocycles. The van der Waals surface area contributed by atoms with Crippen LogP contribution in [0.1, 0.15) is 15.9 Å². The number of hydrogen-bond donors (Lipinski definition) is 0. The van der Waals surface area contributed by atoms with Gasteiger partial charge in [-0.25, -0.2) is 4.79 Å². The van der Waals surface area contributed by atoms with Crippen LogP contribution in [0, 0.1) is 0 Å². The predicted molar refractivity (Wildman–Crippen MR) is 74.9 cm³/mol. The highest BCUT2D eigenvalue weighted by Crippen LogP contribution is 2.42. The van der Waals surface area contributed by atoms with Crippen molar-refractivity contribution in [3.05, 3.63) is 53.6 Å². The summed E-state index contributed by atoms with van der Waals surface area (Å²) in [5.41, 5.74) is -2.54. The van der Waals surface area contributed by atoms with Crippen molar-refractivity contribution in [2.75, 3.05) is 7.11 Å². The second-order valence-electron chi connectivity index (χ2n) is 4.79. The van der Waals surface area contributed by atoms with Gasteiger partial charge in [-0.15, -0.1) is 13.2 Å². The van der Waals surface area contributed by atoms with Gasteiger partial charge in [0, 0.05) is 5.56 Å². The highest BCUT2D eigenvalue weighted by molar-refractivity contribution is 5.92. The maximum absolute atomic E-state index is 13.2. The Hall–Kier alpha value is -2.71. The van der Waals surface area contributed by atoms with Gasteiger partial charge in [0.1, 0.15) is 5.75 Å². The summed E-state index contributed by atoms with van der Waals surface area (Å²) in [5, 5.41) is 0. The molecule has 0 saturated heterocycles. The fraction of sp³-hybridized carbons (Fsp3) is 0.188. The van der Waals surface area contributed by atoms with Crippen LogP contribution in [-0.4, -0.2) is 19.4 Å². The highest BCUT2D eigenvalue weighted by Gasteiger charge is 2.36. The van der Waals surface area contributed by atoms with E-state index in [0.717, 1.165) is 31.4 Å². The summed E-state index contributed by atoms with van der Waals surface area (Å²) in [7, 11) is 1.03. The van der Waals surface area contributed by atoms with Crippen LogP contribution in [0.2, 0.25) is 0 Å². The van der Waals surface area contributed by atoms with Crippen LogP contribution in [-0.2, 0) is 10.9 Å². The number of rotatable bonds is 3. The number of ether oxygens (including phenoxy) is 2. The molecule has 0 aliphatic heterocycles. The van der Waals surface area contributed by atoms with Gasteiger partial charge in [-0.3, -0.25) is 0 Å². The van der Waals surface area contributed by atoms with Gasteiger partial charge in [0.05, 0.1) is 18.2 Å². The summed E-state index contributed by atoms with van der Waals surface area (Å²) in [6.07, 6.45) is -9.94. The Kier molecular flexibility index (Phi) is 4.96. The van der Waals surface area contributed by atoms with Crippen LogP contribution in [0.15, 0.2) is 42.5 Å². The van der Waals surface area contributed by atoms with Gasteiger partial charge in [0.25, 0.3) is 0 Å². The van der Waals surface area contributed by atoms with Gasteiger partial charge in [-0.05, 0) is 29.8 Å². The Morgan fingerprint density at radius 2 is 1.56 bits per heavy atom. The highest BCUT2D eigenvalue weighted by atomic mass is 19.4. The van der Waals surface area contributed by atoms with Crippen molar-refractivity contribution >= 4 is 5.97 Å². The molecule has 0 bridgehead atoms. The quantitative estimate of drug-likeness (QED) is 0.564. The van der Waals surface area contributed by atoms with Gasteiger partial charge in [0.15, 0.2) is 0 Å². The summed E-state index contributed by atoms with van der Waals surface area (Å²) in [4.78, 5) is 11.6. The normalized spacial score (nSPS) is 12.0. The van der Waals surface area contributed by atoms with Crippen molar-refractivity contribution < 1.29 is 40.6 Å². The summed E-state index contributed by atoms with van der Waals surface area (Å²) < 4.78 is 85.5. The molecular weight excluding hydrogens is 354 g/mol. The number of esters is 1. The molecule has 0 heterocycles. The molecule has 25 heavy (non-hydrogen) atoms. The molecule has 0 N–H and O–H groups in total. The third-order valence-electron chi connectivity index (χ3n) is 3.15. The van der Waals surface area contributed by atoms with Crippen LogP contribution in [0.25, 0.3) is 11.1 Å². The molecule has 0 unspecified atom stereocenters. The number of carbonyl (C=O) groups is 1. The Balaban J connectivity index is 2.70. The van der Waals surface area contributed by atoms with E-state index >= 15 is 0 Å². The minimum atomic E-state index is -5.09. The molecule has 0 atom stereocenters. The zero-order valence-electron chi connectivity index (χ0n) is 12.5. The number of benzene rings is 2. The molecule has 2 rings (SSSR count). The minimum absolute atomic E-state index is 0.243. The van der Waals surface area contributed by atoms with Crippen LogP contribution in [0.5, 0.6) is 5.75 Å². The zero-order chi connectivity index (χ0) is 18.8. The molecule has 2 aromatic carbocycles. The summed E-state index contributed by atoms with van der Waals surface area (Å²) in [5.74, 6) is -1.74. The average Bonchev–Trinajstić information content (AvgIpc) is 2.51. The first-order chi connectivity index (χ1) is 11.5. The lowest BCUT2D eigenvalue weighted by atomic mass is 9.96. The second kappa shape index (κ2) is 6.66. The van der Waals surface area contributed by atoms with Crippen LogP contribution in [0.4, 0.5) is 26.3 Å². The maximum atomic E-state index is 13.2. The van der Waals surface area contributed by atoms with Gasteiger partial charge in [0.2, 0.25) is 0 Å². The molecule has 0 spiro atoms. The van der Waals surface area contributed by atoms with Crippen LogP contribution in [0.3, 0.4) is 0 Å². The van der Waals surface area contributed by atoms with Gasteiger partial charge < -0.3 is 9.47 Å². The van der Waals surface area contributed by atoms with E-state index in [9.17, 15) is 31.1 Å². The van der Waals surface area contributed by atoms with Crippen molar-refractivity contribution in [3.63, 3.8) is 0 Å². The van der Waals surface area contributed by atoms with Crippen molar-refractivity contribution in [3.8, 4) is 16.9 Å². The van der Waals surface area contributed by atoms with Crippen molar-refractivity contribution in [1.82, 2.24) is 0 Å². The molecule has 9 heteroatoms. The van der Waals surface area contributed by atoms with Crippen molar-refractivity contribution in [1.29, 1.82) is 0 Å². The predicted octanol–water partition coefficient (Wildman–Crippen LogP) is 5.06. The molecule has 0 saturated carbocycles. The minimum Gasteiger partial charge on any atom is -0.465 e. The van der Waals surface area contributed by atoms with Gasteiger partial charge in [-0.1, -0.05) is 18.2 Å². The lowest BCUT2D eigenvalue weighted by molar-refractivity contribution is -0.274. The molecule has 0 aliphatic rings. The SMILES string of the molecule is COC(=O)c1ccc(C(F)(F)F)c(-c2ccccc2OC(F)(F)F)c1. The van der Waals surface area contributed by atoms with Crippen LogP contribution < -0.4 is 4.74 Å². The first kappa shape index (κ1) is 18.6. The molecule has 3 nitrogen and oxygen atoms in total. The molecular formula is C16H10F6O3.